The molecule has 1 aliphatic rings. The maximum absolute atomic E-state index is 11.3. The second kappa shape index (κ2) is 7.74. The molecule has 126 valence electrons. The Balaban J connectivity index is 1.60. The number of carbonyl (C=O) groups is 1. The molecule has 3 rings (SSSR count). The van der Waals surface area contributed by atoms with Gasteiger partial charge in [-0.3, -0.25) is 0 Å². The molecule has 0 radical (unpaired) electrons. The van der Waals surface area contributed by atoms with Crippen LogP contribution in [-0.2, 0) is 9.47 Å². The predicted molar refractivity (Wildman–Crippen MR) is 87.6 cm³/mol. The molecule has 0 unspecified atom stereocenters. The van der Waals surface area contributed by atoms with Crippen LogP contribution >= 0.6 is 0 Å². The summed E-state index contributed by atoms with van der Waals surface area (Å²) in [5, 5.41) is 10.9. The van der Waals surface area contributed by atoms with Crippen molar-refractivity contribution in [2.24, 2.45) is 0 Å². The minimum Gasteiger partial charge on any atom is -0.491 e. The highest BCUT2D eigenvalue weighted by Crippen LogP contribution is 2.21. The molecule has 1 aliphatic heterocycles. The minimum absolute atomic E-state index is 0.164. The quantitative estimate of drug-likeness (QED) is 0.816. The van der Waals surface area contributed by atoms with Crippen molar-refractivity contribution >= 4 is 17.5 Å². The van der Waals surface area contributed by atoms with E-state index in [2.05, 4.69) is 20.3 Å². The van der Waals surface area contributed by atoms with E-state index in [9.17, 15) is 4.79 Å². The number of aromatic nitrogens is 2. The average Bonchev–Trinajstić information content (AvgIpc) is 3.14. The summed E-state index contributed by atoms with van der Waals surface area (Å²) in [4.78, 5) is 11.3. The summed E-state index contributed by atoms with van der Waals surface area (Å²) in [6.07, 6.45) is 2.31. The van der Waals surface area contributed by atoms with Gasteiger partial charge in [-0.1, -0.05) is 6.07 Å². The van der Waals surface area contributed by atoms with Gasteiger partial charge >= 0.3 is 5.97 Å². The number of methoxy groups -OCH3 is 1. The van der Waals surface area contributed by atoms with Crippen molar-refractivity contribution in [3.05, 3.63) is 42.1 Å². The third-order valence-electron chi connectivity index (χ3n) is 3.63. The maximum atomic E-state index is 11.3. The summed E-state index contributed by atoms with van der Waals surface area (Å²) in [5.41, 5.74) is 0.983. The van der Waals surface area contributed by atoms with Gasteiger partial charge in [-0.05, 0) is 37.1 Å². The number of nitrogens with zero attached hydrogens (tertiary/aromatic N) is 2. The Hall–Kier alpha value is -2.67. The van der Waals surface area contributed by atoms with Crippen LogP contribution in [0.2, 0.25) is 0 Å². The number of rotatable bonds is 6. The Kier molecular flexibility index (Phi) is 5.22. The van der Waals surface area contributed by atoms with Gasteiger partial charge in [-0.2, -0.15) is 0 Å². The van der Waals surface area contributed by atoms with Gasteiger partial charge in [0.2, 0.25) is 0 Å². The number of nitrogens with one attached hydrogen (secondary N) is 1. The molecule has 0 saturated carbocycles. The average molecular weight is 329 g/mol. The van der Waals surface area contributed by atoms with E-state index in [1.165, 1.54) is 7.11 Å². The summed E-state index contributed by atoms with van der Waals surface area (Å²) in [7, 11) is 1.30. The van der Waals surface area contributed by atoms with Crippen molar-refractivity contribution in [2.75, 3.05) is 25.6 Å². The van der Waals surface area contributed by atoms with Crippen LogP contribution in [0.3, 0.4) is 0 Å². The van der Waals surface area contributed by atoms with Gasteiger partial charge in [-0.15, -0.1) is 10.2 Å². The molecule has 0 aliphatic carbocycles. The first-order valence-electron chi connectivity index (χ1n) is 7.78. The molecular weight excluding hydrogens is 310 g/mol. The highest BCUT2D eigenvalue weighted by molar-refractivity contribution is 5.87. The number of hydrogen-bond acceptors (Lipinski definition) is 7. The summed E-state index contributed by atoms with van der Waals surface area (Å²) in [6, 6.07) is 10.8. The lowest BCUT2D eigenvalue weighted by Gasteiger charge is -2.12. The third kappa shape index (κ3) is 4.20. The fourth-order valence-corrected chi connectivity index (χ4v) is 2.39. The Morgan fingerprint density at radius 2 is 2.25 bits per heavy atom. The highest BCUT2D eigenvalue weighted by Gasteiger charge is 2.16. The van der Waals surface area contributed by atoms with Crippen molar-refractivity contribution in [3.8, 4) is 5.75 Å². The number of benzene rings is 1. The monoisotopic (exact) mass is 329 g/mol. The van der Waals surface area contributed by atoms with Crippen LogP contribution in [0, 0.1) is 0 Å². The van der Waals surface area contributed by atoms with Gasteiger partial charge in [-0.25, -0.2) is 4.79 Å². The zero-order valence-corrected chi connectivity index (χ0v) is 13.4. The van der Waals surface area contributed by atoms with E-state index in [0.29, 0.717) is 12.4 Å². The fraction of sp³-hybridized carbons (Fsp3) is 0.353. The molecule has 1 atom stereocenters. The third-order valence-corrected chi connectivity index (χ3v) is 3.63. The van der Waals surface area contributed by atoms with Gasteiger partial charge < -0.3 is 19.5 Å². The van der Waals surface area contributed by atoms with Gasteiger partial charge in [0.25, 0.3) is 0 Å². The van der Waals surface area contributed by atoms with Crippen molar-refractivity contribution in [3.63, 3.8) is 0 Å². The molecule has 1 aromatic carbocycles. The lowest BCUT2D eigenvalue weighted by Crippen LogP contribution is -2.16. The van der Waals surface area contributed by atoms with E-state index < -0.39 is 5.97 Å². The second-order valence-electron chi connectivity index (χ2n) is 5.39. The topological polar surface area (TPSA) is 82.6 Å². The maximum Gasteiger partial charge on any atom is 0.358 e. The Labute approximate surface area is 139 Å². The number of anilines is 2. The zero-order chi connectivity index (χ0) is 16.8. The van der Waals surface area contributed by atoms with E-state index in [-0.39, 0.29) is 11.8 Å². The first-order chi connectivity index (χ1) is 11.7. The Morgan fingerprint density at radius 1 is 1.33 bits per heavy atom. The minimum atomic E-state index is -0.515. The molecule has 1 saturated heterocycles. The van der Waals surface area contributed by atoms with E-state index in [1.807, 2.05) is 24.3 Å². The van der Waals surface area contributed by atoms with Crippen LogP contribution in [-0.4, -0.2) is 42.6 Å². The molecule has 2 aromatic rings. The number of ether oxygens (including phenoxy) is 3. The van der Waals surface area contributed by atoms with E-state index in [0.717, 1.165) is 30.9 Å². The van der Waals surface area contributed by atoms with Crippen LogP contribution in [0.4, 0.5) is 11.5 Å². The Morgan fingerprint density at radius 3 is 2.96 bits per heavy atom. The van der Waals surface area contributed by atoms with Crippen molar-refractivity contribution in [1.29, 1.82) is 0 Å². The first kappa shape index (κ1) is 16.2. The fourth-order valence-electron chi connectivity index (χ4n) is 2.39. The standard InChI is InChI=1S/C17H19N3O4/c1-22-17(21)15-7-8-16(20-19-15)18-12-4-2-5-13(10-12)24-11-14-6-3-9-23-14/h2,4-5,7-8,10,14H,3,6,9,11H2,1H3,(H,18,20)/t14-/m0/s1. The van der Waals surface area contributed by atoms with Crippen molar-refractivity contribution in [1.82, 2.24) is 10.2 Å². The molecule has 7 nitrogen and oxygen atoms in total. The molecule has 0 spiro atoms. The molecule has 2 heterocycles. The van der Waals surface area contributed by atoms with E-state index in [1.54, 1.807) is 12.1 Å². The molecule has 0 amide bonds. The molecule has 24 heavy (non-hydrogen) atoms. The SMILES string of the molecule is COC(=O)c1ccc(Nc2cccc(OC[C@@H]3CCCO3)c2)nn1. The molecular formula is C17H19N3O4. The van der Waals surface area contributed by atoms with Crippen LogP contribution < -0.4 is 10.1 Å². The van der Waals surface area contributed by atoms with E-state index >= 15 is 0 Å². The lowest BCUT2D eigenvalue weighted by atomic mass is 10.2. The lowest BCUT2D eigenvalue weighted by molar-refractivity contribution is 0.0592. The van der Waals surface area contributed by atoms with Crippen LogP contribution in [0.15, 0.2) is 36.4 Å². The summed E-state index contributed by atoms with van der Waals surface area (Å²) < 4.78 is 15.9. The summed E-state index contributed by atoms with van der Waals surface area (Å²) >= 11 is 0. The number of esters is 1. The normalized spacial score (nSPS) is 16.6. The summed E-state index contributed by atoms with van der Waals surface area (Å²) in [6.45, 7) is 1.37. The highest BCUT2D eigenvalue weighted by atomic mass is 16.5. The second-order valence-corrected chi connectivity index (χ2v) is 5.39. The van der Waals surface area contributed by atoms with Crippen LogP contribution in [0.1, 0.15) is 23.3 Å². The number of carbonyl (C=O) groups excluding carboxylic acids is 1. The summed E-state index contributed by atoms with van der Waals surface area (Å²) in [5.74, 6) is 0.771. The molecule has 1 N–H and O–H groups in total. The molecule has 7 heteroatoms. The van der Waals surface area contributed by atoms with E-state index in [4.69, 9.17) is 9.47 Å². The van der Waals surface area contributed by atoms with Gasteiger partial charge in [0.1, 0.15) is 12.4 Å². The predicted octanol–water partition coefficient (Wildman–Crippen LogP) is 2.56. The largest absolute Gasteiger partial charge is 0.491 e. The van der Waals surface area contributed by atoms with Crippen molar-refractivity contribution < 1.29 is 19.0 Å². The van der Waals surface area contributed by atoms with Gasteiger partial charge in [0, 0.05) is 18.4 Å². The van der Waals surface area contributed by atoms with Crippen molar-refractivity contribution in [2.45, 2.75) is 18.9 Å². The van der Waals surface area contributed by atoms with Gasteiger partial charge in [0.05, 0.1) is 13.2 Å². The number of hydrogen-bond donors (Lipinski definition) is 1. The Bertz CT molecular complexity index is 684. The van der Waals surface area contributed by atoms with Gasteiger partial charge in [0.15, 0.2) is 11.5 Å². The molecule has 1 fully saturated rings. The molecule has 0 bridgehead atoms. The van der Waals surface area contributed by atoms with Crippen LogP contribution in [0.25, 0.3) is 0 Å². The smallest absolute Gasteiger partial charge is 0.358 e. The van der Waals surface area contributed by atoms with Crippen LogP contribution in [0.5, 0.6) is 5.75 Å². The first-order valence-corrected chi connectivity index (χ1v) is 7.78. The molecule has 1 aromatic heterocycles. The zero-order valence-electron chi connectivity index (χ0n) is 13.4.